The molecule has 0 spiro atoms. The molecule has 2 atom stereocenters. The number of carbonyl (C=O) groups is 2. The number of halogens is 1. The quantitative estimate of drug-likeness (QED) is 0.636. The van der Waals surface area contributed by atoms with Crippen molar-refractivity contribution in [1.82, 2.24) is 15.5 Å². The highest BCUT2D eigenvalue weighted by Crippen LogP contribution is 2.21. The number of hydrogen-bond donors (Lipinski definition) is 4. The number of likely N-dealkylation sites (tertiary alicyclic amines) is 1. The van der Waals surface area contributed by atoms with Crippen LogP contribution in [-0.4, -0.2) is 59.8 Å². The third-order valence-corrected chi connectivity index (χ3v) is 4.49. The van der Waals surface area contributed by atoms with Crippen LogP contribution < -0.4 is 16.0 Å². The van der Waals surface area contributed by atoms with Crippen LogP contribution in [0.25, 0.3) is 0 Å². The van der Waals surface area contributed by atoms with Gasteiger partial charge in [-0.2, -0.15) is 0 Å². The van der Waals surface area contributed by atoms with E-state index < -0.39 is 12.1 Å². The lowest BCUT2D eigenvalue weighted by Gasteiger charge is -2.20. The monoisotopic (exact) mass is 368 g/mol. The first-order chi connectivity index (χ1) is 11.8. The van der Waals surface area contributed by atoms with E-state index in [-0.39, 0.29) is 17.0 Å². The lowest BCUT2D eigenvalue weighted by atomic mass is 10.2. The van der Waals surface area contributed by atoms with Gasteiger partial charge in [-0.1, -0.05) is 11.6 Å². The second-order valence-corrected chi connectivity index (χ2v) is 6.78. The SMILES string of the molecule is CCNC(=O)c1ccc(NC(=O)N[C@H]2CN(C(C)C)C[C@@H]2O)cc1Cl. The molecule has 1 saturated heterocycles. The number of amides is 3. The number of hydrogen-bond acceptors (Lipinski definition) is 4. The Morgan fingerprint density at radius 3 is 2.64 bits per heavy atom. The fraction of sp³-hybridized carbons (Fsp3) is 0.529. The molecular formula is C17H25ClN4O3. The molecule has 4 N–H and O–H groups in total. The largest absolute Gasteiger partial charge is 0.390 e. The van der Waals surface area contributed by atoms with Crippen LogP contribution in [0, 0.1) is 0 Å². The van der Waals surface area contributed by atoms with Gasteiger partial charge in [-0.15, -0.1) is 0 Å². The molecule has 1 aromatic carbocycles. The van der Waals surface area contributed by atoms with Gasteiger partial charge in [0.15, 0.2) is 0 Å². The maximum atomic E-state index is 12.1. The zero-order valence-corrected chi connectivity index (χ0v) is 15.4. The van der Waals surface area contributed by atoms with Crippen molar-refractivity contribution in [1.29, 1.82) is 0 Å². The Kier molecular flexibility index (Phi) is 6.64. The average molecular weight is 369 g/mol. The lowest BCUT2D eigenvalue weighted by molar-refractivity contribution is 0.0956. The summed E-state index contributed by atoms with van der Waals surface area (Å²) in [5.74, 6) is -0.258. The summed E-state index contributed by atoms with van der Waals surface area (Å²) in [5, 5.41) is 18.5. The highest BCUT2D eigenvalue weighted by atomic mass is 35.5. The second-order valence-electron chi connectivity index (χ2n) is 6.37. The first kappa shape index (κ1) is 19.5. The van der Waals surface area contributed by atoms with E-state index in [2.05, 4.69) is 20.9 Å². The molecule has 138 valence electrons. The molecule has 0 aromatic heterocycles. The van der Waals surface area contributed by atoms with Gasteiger partial charge >= 0.3 is 6.03 Å². The van der Waals surface area contributed by atoms with Crippen LogP contribution in [0.5, 0.6) is 0 Å². The molecule has 0 saturated carbocycles. The Labute approximate surface area is 152 Å². The minimum absolute atomic E-state index is 0.258. The molecule has 1 fully saturated rings. The van der Waals surface area contributed by atoms with Gasteiger partial charge in [0, 0.05) is 31.4 Å². The van der Waals surface area contributed by atoms with Crippen LogP contribution in [0.2, 0.25) is 5.02 Å². The lowest BCUT2D eigenvalue weighted by Crippen LogP contribution is -2.45. The van der Waals surface area contributed by atoms with Crippen LogP contribution in [0.15, 0.2) is 18.2 Å². The van der Waals surface area contributed by atoms with Crippen LogP contribution in [0.3, 0.4) is 0 Å². The molecule has 8 heteroatoms. The van der Waals surface area contributed by atoms with Crippen molar-refractivity contribution < 1.29 is 14.7 Å². The highest BCUT2D eigenvalue weighted by molar-refractivity contribution is 6.34. The molecule has 0 radical (unpaired) electrons. The molecule has 0 bridgehead atoms. The summed E-state index contributed by atoms with van der Waals surface area (Å²) in [7, 11) is 0. The Bertz CT molecular complexity index is 638. The van der Waals surface area contributed by atoms with E-state index in [1.54, 1.807) is 12.1 Å². The van der Waals surface area contributed by atoms with Crippen LogP contribution in [-0.2, 0) is 0 Å². The van der Waals surface area contributed by atoms with Crippen LogP contribution in [0.1, 0.15) is 31.1 Å². The van der Waals surface area contributed by atoms with Gasteiger partial charge in [0.05, 0.1) is 22.7 Å². The number of rotatable bonds is 5. The Balaban J connectivity index is 1.95. The zero-order chi connectivity index (χ0) is 18.6. The summed E-state index contributed by atoms with van der Waals surface area (Å²) in [6.45, 7) is 7.57. The molecule has 0 unspecified atom stereocenters. The summed E-state index contributed by atoms with van der Waals surface area (Å²) in [4.78, 5) is 26.1. The number of nitrogens with zero attached hydrogens (tertiary/aromatic N) is 1. The normalized spacial score (nSPS) is 20.6. The highest BCUT2D eigenvalue weighted by Gasteiger charge is 2.33. The molecule has 1 heterocycles. The molecule has 3 amide bonds. The van der Waals surface area contributed by atoms with Crippen molar-refractivity contribution >= 4 is 29.2 Å². The molecule has 1 aromatic rings. The van der Waals surface area contributed by atoms with Gasteiger partial charge in [-0.3, -0.25) is 9.69 Å². The van der Waals surface area contributed by atoms with Gasteiger partial charge in [0.2, 0.25) is 0 Å². The summed E-state index contributed by atoms with van der Waals surface area (Å²) in [5.41, 5.74) is 0.831. The van der Waals surface area contributed by atoms with Gasteiger partial charge < -0.3 is 21.1 Å². The standard InChI is InChI=1S/C17H25ClN4O3/c1-4-19-16(24)12-6-5-11(7-13(12)18)20-17(25)21-14-8-22(10(2)3)9-15(14)23/h5-7,10,14-15,23H,4,8-9H2,1-3H3,(H,19,24)(H2,20,21,25)/t14-,15-/m0/s1. The minimum atomic E-state index is -0.600. The number of carbonyl (C=O) groups excluding carboxylic acids is 2. The van der Waals surface area contributed by atoms with Crippen molar-refractivity contribution in [3.8, 4) is 0 Å². The smallest absolute Gasteiger partial charge is 0.319 e. The number of benzene rings is 1. The number of β-amino-alcohol motifs (C(OH)–C–C–N with tert-alkyl or cyclic N) is 1. The fourth-order valence-electron chi connectivity index (χ4n) is 2.75. The van der Waals surface area contributed by atoms with Gasteiger partial charge in [-0.05, 0) is 39.0 Å². The van der Waals surface area contributed by atoms with E-state index in [9.17, 15) is 14.7 Å². The summed E-state index contributed by atoms with van der Waals surface area (Å²) >= 11 is 6.11. The number of anilines is 1. The van der Waals surface area contributed by atoms with E-state index in [1.807, 2.05) is 20.8 Å². The minimum Gasteiger partial charge on any atom is -0.390 e. The van der Waals surface area contributed by atoms with E-state index in [1.165, 1.54) is 6.07 Å². The molecule has 0 aliphatic carbocycles. The number of urea groups is 1. The van der Waals surface area contributed by atoms with Gasteiger partial charge in [-0.25, -0.2) is 4.79 Å². The summed E-state index contributed by atoms with van der Waals surface area (Å²) < 4.78 is 0. The number of nitrogens with one attached hydrogen (secondary N) is 3. The molecular weight excluding hydrogens is 344 g/mol. The Hall–Kier alpha value is -1.83. The summed E-state index contributed by atoms with van der Waals surface area (Å²) in [6.07, 6.45) is -0.600. The third kappa shape index (κ3) is 5.07. The molecule has 7 nitrogen and oxygen atoms in total. The van der Waals surface area contributed by atoms with Gasteiger partial charge in [0.1, 0.15) is 0 Å². The molecule has 2 rings (SSSR count). The van der Waals surface area contributed by atoms with Crippen LogP contribution in [0.4, 0.5) is 10.5 Å². The average Bonchev–Trinajstić information content (AvgIpc) is 2.88. The predicted octanol–water partition coefficient (Wildman–Crippen LogP) is 1.66. The van der Waals surface area contributed by atoms with Crippen molar-refractivity contribution in [2.45, 2.75) is 39.0 Å². The Morgan fingerprint density at radius 2 is 2.08 bits per heavy atom. The van der Waals surface area contributed by atoms with E-state index >= 15 is 0 Å². The molecule has 25 heavy (non-hydrogen) atoms. The second kappa shape index (κ2) is 8.51. The topological polar surface area (TPSA) is 93.7 Å². The fourth-order valence-corrected chi connectivity index (χ4v) is 3.01. The Morgan fingerprint density at radius 1 is 1.36 bits per heavy atom. The maximum absolute atomic E-state index is 12.1. The molecule has 1 aliphatic rings. The van der Waals surface area contributed by atoms with Crippen molar-refractivity contribution in [2.75, 3.05) is 25.0 Å². The van der Waals surface area contributed by atoms with E-state index in [4.69, 9.17) is 11.6 Å². The molecule has 1 aliphatic heterocycles. The summed E-state index contributed by atoms with van der Waals surface area (Å²) in [6, 6.07) is 4.26. The number of aliphatic hydroxyl groups is 1. The van der Waals surface area contributed by atoms with Crippen molar-refractivity contribution in [3.63, 3.8) is 0 Å². The zero-order valence-electron chi connectivity index (χ0n) is 14.7. The third-order valence-electron chi connectivity index (χ3n) is 4.17. The first-order valence-electron chi connectivity index (χ1n) is 8.39. The first-order valence-corrected chi connectivity index (χ1v) is 8.77. The van der Waals surface area contributed by atoms with Crippen molar-refractivity contribution in [3.05, 3.63) is 28.8 Å². The van der Waals surface area contributed by atoms with E-state index in [0.29, 0.717) is 36.9 Å². The predicted molar refractivity (Wildman–Crippen MR) is 98.1 cm³/mol. The number of aliphatic hydroxyl groups excluding tert-OH is 1. The van der Waals surface area contributed by atoms with E-state index in [0.717, 1.165) is 0 Å². The van der Waals surface area contributed by atoms with Crippen LogP contribution >= 0.6 is 11.6 Å². The van der Waals surface area contributed by atoms with Gasteiger partial charge in [0.25, 0.3) is 5.91 Å². The maximum Gasteiger partial charge on any atom is 0.319 e. The van der Waals surface area contributed by atoms with Crippen molar-refractivity contribution in [2.24, 2.45) is 0 Å².